The van der Waals surface area contributed by atoms with Crippen LogP contribution < -0.4 is 24.6 Å². The first-order chi connectivity index (χ1) is 15.7. The minimum atomic E-state index is 0.0768. The number of hydrogen-bond donors (Lipinski definition) is 1. The van der Waals surface area contributed by atoms with Gasteiger partial charge in [0.1, 0.15) is 11.9 Å². The number of rotatable bonds is 9. The maximum absolute atomic E-state index is 5.78. The molecule has 7 heteroatoms. The molecule has 2 aromatic rings. The lowest BCUT2D eigenvalue weighted by Gasteiger charge is -2.36. The zero-order chi connectivity index (χ0) is 22.3. The van der Waals surface area contributed by atoms with Crippen LogP contribution in [0.4, 0.5) is 5.69 Å². The molecule has 1 atom stereocenters. The molecule has 1 saturated heterocycles. The predicted octanol–water partition coefficient (Wildman–Crippen LogP) is 3.56. The fourth-order valence-electron chi connectivity index (χ4n) is 4.31. The molecule has 0 bridgehead atoms. The van der Waals surface area contributed by atoms with E-state index in [0.29, 0.717) is 5.75 Å². The summed E-state index contributed by atoms with van der Waals surface area (Å²) in [6, 6.07) is 14.1. The van der Waals surface area contributed by atoms with Crippen molar-refractivity contribution in [3.05, 3.63) is 54.1 Å². The molecule has 7 nitrogen and oxygen atoms in total. The van der Waals surface area contributed by atoms with Crippen LogP contribution in [0.5, 0.6) is 17.2 Å². The lowest BCUT2D eigenvalue weighted by atomic mass is 10.1. The Morgan fingerprint density at radius 3 is 2.41 bits per heavy atom. The molecule has 2 heterocycles. The topological polar surface area (TPSA) is 55.4 Å². The number of benzene rings is 2. The van der Waals surface area contributed by atoms with Crippen molar-refractivity contribution in [2.45, 2.75) is 18.9 Å². The van der Waals surface area contributed by atoms with Crippen molar-refractivity contribution >= 4 is 11.4 Å². The van der Waals surface area contributed by atoms with Crippen molar-refractivity contribution in [2.75, 3.05) is 59.0 Å². The number of para-hydroxylation sites is 2. The van der Waals surface area contributed by atoms with E-state index in [2.05, 4.69) is 33.5 Å². The molecule has 1 unspecified atom stereocenters. The number of nitrogens with one attached hydrogen (secondary N) is 1. The van der Waals surface area contributed by atoms with E-state index in [0.717, 1.165) is 68.3 Å². The second-order valence-corrected chi connectivity index (χ2v) is 8.05. The summed E-state index contributed by atoms with van der Waals surface area (Å²) in [5, 5.41) is 0. The van der Waals surface area contributed by atoms with Crippen LogP contribution in [0.2, 0.25) is 0 Å². The molecular weight excluding hydrogens is 406 g/mol. The minimum absolute atomic E-state index is 0.0768. The third-order valence-corrected chi connectivity index (χ3v) is 6.13. The summed E-state index contributed by atoms with van der Waals surface area (Å²) in [5.74, 6) is 2.38. The van der Waals surface area contributed by atoms with Crippen molar-refractivity contribution < 1.29 is 19.0 Å². The summed E-state index contributed by atoms with van der Waals surface area (Å²) in [5.41, 5.74) is 6.25. The van der Waals surface area contributed by atoms with E-state index < -0.39 is 0 Å². The number of hydroxylamine groups is 1. The summed E-state index contributed by atoms with van der Waals surface area (Å²) in [6.45, 7) is 5.25. The van der Waals surface area contributed by atoms with E-state index >= 15 is 0 Å². The first kappa shape index (κ1) is 22.3. The van der Waals surface area contributed by atoms with Crippen LogP contribution in [-0.4, -0.2) is 65.1 Å². The monoisotopic (exact) mass is 439 g/mol. The number of ether oxygens (including phenoxy) is 3. The third-order valence-electron chi connectivity index (χ3n) is 6.13. The molecule has 2 aliphatic heterocycles. The largest absolute Gasteiger partial charge is 0.495 e. The average Bonchev–Trinajstić information content (AvgIpc) is 3.33. The van der Waals surface area contributed by atoms with Crippen molar-refractivity contribution in [3.63, 3.8) is 0 Å². The molecule has 0 spiro atoms. The van der Waals surface area contributed by atoms with Gasteiger partial charge in [-0.1, -0.05) is 12.1 Å². The lowest BCUT2D eigenvalue weighted by Crippen LogP contribution is -2.46. The quantitative estimate of drug-likeness (QED) is 0.641. The zero-order valence-corrected chi connectivity index (χ0v) is 19.2. The fourth-order valence-corrected chi connectivity index (χ4v) is 4.31. The van der Waals surface area contributed by atoms with Gasteiger partial charge in [-0.05, 0) is 55.8 Å². The van der Waals surface area contributed by atoms with Gasteiger partial charge in [0.2, 0.25) is 0 Å². The molecular formula is C25H33N3O4. The van der Waals surface area contributed by atoms with E-state index in [1.807, 2.05) is 30.3 Å². The normalized spacial score (nSPS) is 18.8. The maximum atomic E-state index is 5.78. The van der Waals surface area contributed by atoms with Crippen molar-refractivity contribution in [2.24, 2.45) is 0 Å². The van der Waals surface area contributed by atoms with Gasteiger partial charge in [0.25, 0.3) is 0 Å². The van der Waals surface area contributed by atoms with Gasteiger partial charge in [0.05, 0.1) is 32.7 Å². The van der Waals surface area contributed by atoms with Gasteiger partial charge in [0, 0.05) is 31.7 Å². The average molecular weight is 440 g/mol. The molecule has 172 valence electrons. The SMILES string of the molecule is COc1ccc(C2=CC(CCCN3CCN(c4ccccc4OC)CC3)ON2)cc1OC. The van der Waals surface area contributed by atoms with Gasteiger partial charge in [-0.15, -0.1) is 0 Å². The predicted molar refractivity (Wildman–Crippen MR) is 126 cm³/mol. The van der Waals surface area contributed by atoms with Gasteiger partial charge in [-0.3, -0.25) is 15.2 Å². The summed E-state index contributed by atoms with van der Waals surface area (Å²) in [7, 11) is 5.02. The van der Waals surface area contributed by atoms with Gasteiger partial charge >= 0.3 is 0 Å². The van der Waals surface area contributed by atoms with Crippen molar-refractivity contribution in [1.29, 1.82) is 0 Å². The molecule has 0 aliphatic carbocycles. The van der Waals surface area contributed by atoms with Crippen molar-refractivity contribution in [1.82, 2.24) is 10.4 Å². The molecule has 1 N–H and O–H groups in total. The highest BCUT2D eigenvalue weighted by Gasteiger charge is 2.21. The van der Waals surface area contributed by atoms with Gasteiger partial charge in [-0.25, -0.2) is 0 Å². The number of nitrogens with zero attached hydrogens (tertiary/aromatic N) is 2. The zero-order valence-electron chi connectivity index (χ0n) is 19.2. The molecule has 0 saturated carbocycles. The summed E-state index contributed by atoms with van der Waals surface area (Å²) >= 11 is 0. The Labute approximate surface area is 190 Å². The Morgan fingerprint density at radius 1 is 0.906 bits per heavy atom. The van der Waals surface area contributed by atoms with Crippen LogP contribution >= 0.6 is 0 Å². The molecule has 0 aromatic heterocycles. The number of methoxy groups -OCH3 is 3. The number of anilines is 1. The first-order valence-corrected chi connectivity index (χ1v) is 11.2. The van der Waals surface area contributed by atoms with Crippen LogP contribution in [0, 0.1) is 0 Å². The van der Waals surface area contributed by atoms with E-state index in [9.17, 15) is 0 Å². The summed E-state index contributed by atoms with van der Waals surface area (Å²) in [4.78, 5) is 10.7. The molecule has 32 heavy (non-hydrogen) atoms. The molecule has 4 rings (SSSR count). The van der Waals surface area contributed by atoms with Crippen LogP contribution in [-0.2, 0) is 4.84 Å². The Hall–Kier alpha value is -2.90. The Bertz CT molecular complexity index is 925. The Balaban J connectivity index is 1.23. The standard InChI is InChI=1S/C25H33N3O4/c1-29-23-9-5-4-8-22(23)28-15-13-27(14-16-28)12-6-7-20-18-21(26-32-20)19-10-11-24(30-2)25(17-19)31-3/h4-5,8-11,17-18,20,26H,6-7,12-16H2,1-3H3. The Kier molecular flexibility index (Phi) is 7.39. The lowest BCUT2D eigenvalue weighted by molar-refractivity contribution is 0.0438. The van der Waals surface area contributed by atoms with Crippen LogP contribution in [0.15, 0.2) is 48.5 Å². The second kappa shape index (κ2) is 10.6. The van der Waals surface area contributed by atoms with Gasteiger partial charge in [0.15, 0.2) is 11.5 Å². The third kappa shape index (κ3) is 5.11. The van der Waals surface area contributed by atoms with Crippen LogP contribution in [0.3, 0.4) is 0 Å². The minimum Gasteiger partial charge on any atom is -0.495 e. The highest BCUT2D eigenvalue weighted by Crippen LogP contribution is 2.31. The van der Waals surface area contributed by atoms with E-state index in [1.54, 1.807) is 21.3 Å². The summed E-state index contributed by atoms with van der Waals surface area (Å²) < 4.78 is 16.2. The molecule has 2 aliphatic rings. The van der Waals surface area contributed by atoms with E-state index in [1.165, 1.54) is 5.69 Å². The highest BCUT2D eigenvalue weighted by atomic mass is 16.7. The molecule has 1 fully saturated rings. The second-order valence-electron chi connectivity index (χ2n) is 8.05. The van der Waals surface area contributed by atoms with E-state index in [-0.39, 0.29) is 6.10 Å². The molecule has 0 amide bonds. The van der Waals surface area contributed by atoms with Crippen LogP contribution in [0.1, 0.15) is 18.4 Å². The highest BCUT2D eigenvalue weighted by molar-refractivity contribution is 5.67. The van der Waals surface area contributed by atoms with Crippen LogP contribution in [0.25, 0.3) is 5.70 Å². The maximum Gasteiger partial charge on any atom is 0.161 e. The first-order valence-electron chi connectivity index (χ1n) is 11.2. The molecule has 0 radical (unpaired) electrons. The number of piperazine rings is 1. The van der Waals surface area contributed by atoms with Gasteiger partial charge in [-0.2, -0.15) is 0 Å². The fraction of sp³-hybridized carbons (Fsp3) is 0.440. The van der Waals surface area contributed by atoms with Gasteiger partial charge < -0.3 is 19.1 Å². The molecule has 2 aromatic carbocycles. The summed E-state index contributed by atoms with van der Waals surface area (Å²) in [6.07, 6.45) is 4.31. The number of hydrogen-bond acceptors (Lipinski definition) is 7. The smallest absolute Gasteiger partial charge is 0.161 e. The Morgan fingerprint density at radius 2 is 1.66 bits per heavy atom. The van der Waals surface area contributed by atoms with Crippen molar-refractivity contribution in [3.8, 4) is 17.2 Å². The van der Waals surface area contributed by atoms with E-state index in [4.69, 9.17) is 19.0 Å².